The lowest BCUT2D eigenvalue weighted by Gasteiger charge is -2.14. The van der Waals surface area contributed by atoms with Gasteiger partial charge in [-0.25, -0.2) is 9.97 Å². The van der Waals surface area contributed by atoms with Crippen molar-refractivity contribution >= 4 is 26.8 Å². The number of fused-ring (bicyclic) bond motifs is 1. The summed E-state index contributed by atoms with van der Waals surface area (Å²) in [6, 6.07) is 11.4. The van der Waals surface area contributed by atoms with Gasteiger partial charge in [-0.15, -0.1) is 0 Å². The number of benzene rings is 1. The second-order valence-electron chi connectivity index (χ2n) is 4.75. The molecule has 2 heterocycles. The van der Waals surface area contributed by atoms with E-state index in [4.69, 9.17) is 14.2 Å². The lowest BCUT2D eigenvalue weighted by Crippen LogP contribution is -1.97. The first-order chi connectivity index (χ1) is 11.2. The van der Waals surface area contributed by atoms with E-state index in [9.17, 15) is 0 Å². The first-order valence-corrected chi connectivity index (χ1v) is 7.70. The molecular weight excluding hydrogens is 360 g/mol. The monoisotopic (exact) mass is 374 g/mol. The number of ether oxygens (including phenoxy) is 3. The van der Waals surface area contributed by atoms with E-state index >= 15 is 0 Å². The molecule has 23 heavy (non-hydrogen) atoms. The largest absolute Gasteiger partial charge is 0.493 e. The molecule has 0 spiro atoms. The average molecular weight is 375 g/mol. The van der Waals surface area contributed by atoms with Gasteiger partial charge in [0.25, 0.3) is 0 Å². The van der Waals surface area contributed by atoms with Gasteiger partial charge >= 0.3 is 0 Å². The van der Waals surface area contributed by atoms with Crippen LogP contribution < -0.4 is 14.2 Å². The standard InChI is InChI=1S/C17H15BrN2O3/c1-21-14-9-13-10(16(22-2)17(14)23-3)7-8-12(19-13)11-5-4-6-15(18)20-11/h4-9H,1-3H3. The van der Waals surface area contributed by atoms with Crippen LogP contribution in [0.25, 0.3) is 22.3 Å². The Bertz CT molecular complexity index is 868. The van der Waals surface area contributed by atoms with Gasteiger partial charge in [0, 0.05) is 11.5 Å². The maximum atomic E-state index is 5.49. The minimum Gasteiger partial charge on any atom is -0.493 e. The molecule has 0 fully saturated rings. The maximum absolute atomic E-state index is 5.49. The molecule has 0 saturated heterocycles. The molecule has 6 heteroatoms. The number of aromatic nitrogens is 2. The Morgan fingerprint density at radius 1 is 0.826 bits per heavy atom. The van der Waals surface area contributed by atoms with Crippen LogP contribution in [0.5, 0.6) is 17.2 Å². The Labute approximate surface area is 142 Å². The SMILES string of the molecule is COc1cc2nc(-c3cccc(Br)n3)ccc2c(OC)c1OC. The Morgan fingerprint density at radius 2 is 1.57 bits per heavy atom. The molecule has 3 aromatic rings. The van der Waals surface area contributed by atoms with Crippen LogP contribution in [0.4, 0.5) is 0 Å². The topological polar surface area (TPSA) is 53.5 Å². The molecule has 0 N–H and O–H groups in total. The van der Waals surface area contributed by atoms with Gasteiger partial charge in [-0.3, -0.25) is 0 Å². The minimum atomic E-state index is 0.553. The molecule has 0 bridgehead atoms. The van der Waals surface area contributed by atoms with Crippen molar-refractivity contribution in [2.24, 2.45) is 0 Å². The second kappa shape index (κ2) is 6.42. The van der Waals surface area contributed by atoms with Crippen LogP contribution in [0.3, 0.4) is 0 Å². The zero-order valence-corrected chi connectivity index (χ0v) is 14.5. The highest BCUT2D eigenvalue weighted by molar-refractivity contribution is 9.10. The smallest absolute Gasteiger partial charge is 0.204 e. The summed E-state index contributed by atoms with van der Waals surface area (Å²) in [6.07, 6.45) is 0. The fourth-order valence-corrected chi connectivity index (χ4v) is 2.79. The predicted molar refractivity (Wildman–Crippen MR) is 92.3 cm³/mol. The van der Waals surface area contributed by atoms with Gasteiger partial charge in [0.1, 0.15) is 4.60 Å². The molecule has 0 amide bonds. The Morgan fingerprint density at radius 3 is 2.22 bits per heavy atom. The predicted octanol–water partition coefficient (Wildman–Crippen LogP) is 4.09. The highest BCUT2D eigenvalue weighted by atomic mass is 79.9. The van der Waals surface area contributed by atoms with E-state index in [0.29, 0.717) is 17.2 Å². The van der Waals surface area contributed by atoms with Crippen molar-refractivity contribution in [2.75, 3.05) is 21.3 Å². The van der Waals surface area contributed by atoms with Gasteiger partial charge in [0.15, 0.2) is 11.5 Å². The molecule has 1 aromatic carbocycles. The zero-order valence-electron chi connectivity index (χ0n) is 13.0. The number of nitrogens with zero attached hydrogens (tertiary/aromatic N) is 2. The highest BCUT2D eigenvalue weighted by Gasteiger charge is 2.17. The highest BCUT2D eigenvalue weighted by Crippen LogP contribution is 2.43. The second-order valence-corrected chi connectivity index (χ2v) is 5.57. The van der Waals surface area contributed by atoms with E-state index in [1.165, 1.54) is 0 Å². The summed E-state index contributed by atoms with van der Waals surface area (Å²) in [4.78, 5) is 9.12. The summed E-state index contributed by atoms with van der Waals surface area (Å²) in [5.41, 5.74) is 2.31. The molecule has 0 saturated carbocycles. The fraction of sp³-hybridized carbons (Fsp3) is 0.176. The zero-order chi connectivity index (χ0) is 16.4. The molecule has 0 unspecified atom stereocenters. The van der Waals surface area contributed by atoms with Crippen molar-refractivity contribution in [2.45, 2.75) is 0 Å². The van der Waals surface area contributed by atoms with Crippen LogP contribution in [-0.2, 0) is 0 Å². The van der Waals surface area contributed by atoms with Gasteiger partial charge in [-0.05, 0) is 40.2 Å². The Hall–Kier alpha value is -2.34. The molecule has 0 aliphatic carbocycles. The van der Waals surface area contributed by atoms with Crippen LogP contribution in [0.2, 0.25) is 0 Å². The number of hydrogen-bond acceptors (Lipinski definition) is 5. The van der Waals surface area contributed by atoms with Crippen molar-refractivity contribution in [3.63, 3.8) is 0 Å². The lowest BCUT2D eigenvalue weighted by molar-refractivity contribution is 0.327. The van der Waals surface area contributed by atoms with Crippen molar-refractivity contribution in [3.05, 3.63) is 41.0 Å². The van der Waals surface area contributed by atoms with Gasteiger partial charge in [-0.2, -0.15) is 0 Å². The van der Waals surface area contributed by atoms with E-state index in [1.807, 2.05) is 36.4 Å². The van der Waals surface area contributed by atoms with E-state index in [-0.39, 0.29) is 0 Å². The summed E-state index contributed by atoms with van der Waals surface area (Å²) in [5, 5.41) is 0.851. The van der Waals surface area contributed by atoms with E-state index in [0.717, 1.165) is 26.9 Å². The molecule has 0 aliphatic rings. The third-order valence-corrected chi connectivity index (χ3v) is 3.91. The van der Waals surface area contributed by atoms with E-state index < -0.39 is 0 Å². The van der Waals surface area contributed by atoms with Gasteiger partial charge in [0.2, 0.25) is 5.75 Å². The average Bonchev–Trinajstić information content (AvgIpc) is 2.59. The number of hydrogen-bond donors (Lipinski definition) is 0. The maximum Gasteiger partial charge on any atom is 0.204 e. The number of halogens is 1. The van der Waals surface area contributed by atoms with E-state index in [1.54, 1.807) is 21.3 Å². The summed E-state index contributed by atoms with van der Waals surface area (Å²) in [5.74, 6) is 1.73. The van der Waals surface area contributed by atoms with E-state index in [2.05, 4.69) is 25.9 Å². The van der Waals surface area contributed by atoms with Crippen LogP contribution in [-0.4, -0.2) is 31.3 Å². The normalized spacial score (nSPS) is 10.6. The Balaban J connectivity index is 2.24. The molecular formula is C17H15BrN2O3. The van der Waals surface area contributed by atoms with Gasteiger partial charge in [0.05, 0.1) is 38.2 Å². The molecule has 0 radical (unpaired) electrons. The third-order valence-electron chi connectivity index (χ3n) is 3.47. The van der Waals surface area contributed by atoms with Crippen LogP contribution in [0, 0.1) is 0 Å². The third kappa shape index (κ3) is 2.82. The summed E-state index contributed by atoms with van der Waals surface area (Å²) in [6.45, 7) is 0. The van der Waals surface area contributed by atoms with Crippen molar-refractivity contribution in [1.82, 2.24) is 9.97 Å². The van der Waals surface area contributed by atoms with Gasteiger partial charge in [-0.1, -0.05) is 6.07 Å². The quantitative estimate of drug-likeness (QED) is 0.643. The molecule has 3 rings (SSSR count). The first-order valence-electron chi connectivity index (χ1n) is 6.90. The molecule has 0 aliphatic heterocycles. The number of methoxy groups -OCH3 is 3. The lowest BCUT2D eigenvalue weighted by atomic mass is 10.1. The molecule has 2 aromatic heterocycles. The molecule has 5 nitrogen and oxygen atoms in total. The van der Waals surface area contributed by atoms with Crippen molar-refractivity contribution in [1.29, 1.82) is 0 Å². The summed E-state index contributed by atoms with van der Waals surface area (Å²) < 4.78 is 17.0. The fourth-order valence-electron chi connectivity index (χ4n) is 2.44. The van der Waals surface area contributed by atoms with Crippen molar-refractivity contribution in [3.8, 4) is 28.6 Å². The summed E-state index contributed by atoms with van der Waals surface area (Å²) >= 11 is 3.38. The van der Waals surface area contributed by atoms with Gasteiger partial charge < -0.3 is 14.2 Å². The van der Waals surface area contributed by atoms with Crippen LogP contribution >= 0.6 is 15.9 Å². The minimum absolute atomic E-state index is 0.553. The van der Waals surface area contributed by atoms with Crippen LogP contribution in [0.15, 0.2) is 41.0 Å². The van der Waals surface area contributed by atoms with Crippen molar-refractivity contribution < 1.29 is 14.2 Å². The van der Waals surface area contributed by atoms with Crippen LogP contribution in [0.1, 0.15) is 0 Å². The summed E-state index contributed by atoms with van der Waals surface area (Å²) in [7, 11) is 4.77. The molecule has 0 atom stereocenters. The number of pyridine rings is 2. The Kier molecular flexibility index (Phi) is 4.34. The number of rotatable bonds is 4. The molecule has 118 valence electrons. The first kappa shape index (κ1) is 15.6.